The number of nitrogens with zero attached hydrogens (tertiary/aromatic N) is 4. The molecule has 0 aliphatic carbocycles. The molecule has 0 aliphatic heterocycles. The van der Waals surface area contributed by atoms with E-state index in [1.807, 2.05) is 47.8 Å². The first-order valence-electron chi connectivity index (χ1n) is 6.86. The van der Waals surface area contributed by atoms with Crippen molar-refractivity contribution >= 4 is 32.9 Å². The topological polar surface area (TPSA) is 54.0 Å². The number of fused-ring (bicyclic) bond motifs is 1. The van der Waals surface area contributed by atoms with Gasteiger partial charge in [0.1, 0.15) is 17.5 Å². The van der Waals surface area contributed by atoms with E-state index in [9.17, 15) is 5.26 Å². The average Bonchev–Trinajstić information content (AvgIpc) is 3.23. The van der Waals surface area contributed by atoms with E-state index in [-0.39, 0.29) is 0 Å². The van der Waals surface area contributed by atoms with Crippen LogP contribution in [0.4, 0.5) is 0 Å². The molecule has 3 aromatic heterocycles. The molecular formula is C17H9BrN4S. The van der Waals surface area contributed by atoms with Gasteiger partial charge in [-0.25, -0.2) is 9.50 Å². The van der Waals surface area contributed by atoms with Crippen LogP contribution in [0, 0.1) is 11.3 Å². The Balaban J connectivity index is 2.07. The van der Waals surface area contributed by atoms with Crippen LogP contribution >= 0.6 is 27.3 Å². The van der Waals surface area contributed by atoms with Crippen LogP contribution in [0.2, 0.25) is 0 Å². The predicted octanol–water partition coefficient (Wildman–Crippen LogP) is 4.76. The lowest BCUT2D eigenvalue weighted by Gasteiger charge is -2.04. The van der Waals surface area contributed by atoms with Crippen LogP contribution in [0.3, 0.4) is 0 Å². The standard InChI is InChI=1S/C17H9BrN4S/c18-14-15(11-5-2-1-3-6-11)21-22-16(13-7-4-8-23-13)12(9-19)10-20-17(14)22/h1-8,10H. The van der Waals surface area contributed by atoms with Crippen LogP contribution in [0.25, 0.3) is 27.5 Å². The number of aromatic nitrogens is 3. The second-order valence-corrected chi connectivity index (χ2v) is 6.61. The minimum atomic E-state index is 0.509. The van der Waals surface area contributed by atoms with Gasteiger partial charge in [0, 0.05) is 11.8 Å². The number of halogens is 1. The lowest BCUT2D eigenvalue weighted by atomic mass is 10.2. The molecule has 0 radical (unpaired) electrons. The third-order valence-corrected chi connectivity index (χ3v) is 5.12. The zero-order valence-electron chi connectivity index (χ0n) is 11.8. The highest BCUT2D eigenvalue weighted by Gasteiger charge is 2.19. The highest BCUT2D eigenvalue weighted by Crippen LogP contribution is 2.34. The Morgan fingerprint density at radius 2 is 1.96 bits per heavy atom. The van der Waals surface area contributed by atoms with Crippen molar-refractivity contribution in [3.63, 3.8) is 0 Å². The number of benzene rings is 1. The maximum Gasteiger partial charge on any atom is 0.170 e. The second-order valence-electron chi connectivity index (χ2n) is 4.87. The first-order valence-corrected chi connectivity index (χ1v) is 8.53. The molecule has 3 heterocycles. The van der Waals surface area contributed by atoms with E-state index in [0.29, 0.717) is 11.2 Å². The molecule has 0 spiro atoms. The Morgan fingerprint density at radius 1 is 1.13 bits per heavy atom. The summed E-state index contributed by atoms with van der Waals surface area (Å²) in [5, 5.41) is 16.1. The van der Waals surface area contributed by atoms with Crippen LogP contribution in [-0.4, -0.2) is 14.6 Å². The molecule has 4 rings (SSSR count). The summed E-state index contributed by atoms with van der Waals surface area (Å²) in [4.78, 5) is 5.39. The fourth-order valence-corrected chi connectivity index (χ4v) is 3.82. The van der Waals surface area contributed by atoms with Crippen molar-refractivity contribution in [3.8, 4) is 27.9 Å². The van der Waals surface area contributed by atoms with E-state index in [2.05, 4.69) is 27.0 Å². The monoisotopic (exact) mass is 380 g/mol. The van der Waals surface area contributed by atoms with Crippen molar-refractivity contribution < 1.29 is 0 Å². The summed E-state index contributed by atoms with van der Waals surface area (Å²) in [6.45, 7) is 0. The van der Waals surface area contributed by atoms with Crippen LogP contribution in [0.5, 0.6) is 0 Å². The van der Waals surface area contributed by atoms with Gasteiger partial charge >= 0.3 is 0 Å². The van der Waals surface area contributed by atoms with E-state index in [1.165, 1.54) is 0 Å². The van der Waals surface area contributed by atoms with E-state index in [1.54, 1.807) is 22.0 Å². The van der Waals surface area contributed by atoms with Crippen molar-refractivity contribution in [2.24, 2.45) is 0 Å². The van der Waals surface area contributed by atoms with E-state index in [4.69, 9.17) is 5.10 Å². The van der Waals surface area contributed by atoms with Gasteiger partial charge in [0.15, 0.2) is 5.65 Å². The highest BCUT2D eigenvalue weighted by molar-refractivity contribution is 9.10. The summed E-state index contributed by atoms with van der Waals surface area (Å²) >= 11 is 5.18. The van der Waals surface area contributed by atoms with E-state index >= 15 is 0 Å². The maximum atomic E-state index is 9.43. The molecule has 0 unspecified atom stereocenters. The largest absolute Gasteiger partial charge is 0.235 e. The van der Waals surface area contributed by atoms with Gasteiger partial charge in [-0.2, -0.15) is 10.4 Å². The molecule has 0 amide bonds. The van der Waals surface area contributed by atoms with Crippen molar-refractivity contribution in [2.75, 3.05) is 0 Å². The predicted molar refractivity (Wildman–Crippen MR) is 94.2 cm³/mol. The van der Waals surface area contributed by atoms with E-state index < -0.39 is 0 Å². The zero-order chi connectivity index (χ0) is 15.8. The number of hydrogen-bond acceptors (Lipinski definition) is 4. The fourth-order valence-electron chi connectivity index (χ4n) is 2.47. The molecule has 0 saturated heterocycles. The minimum Gasteiger partial charge on any atom is -0.235 e. The number of thiophene rings is 1. The molecule has 1 aromatic carbocycles. The van der Waals surface area contributed by atoms with Crippen molar-refractivity contribution in [1.29, 1.82) is 5.26 Å². The number of nitriles is 1. The summed E-state index contributed by atoms with van der Waals surface area (Å²) in [7, 11) is 0. The highest BCUT2D eigenvalue weighted by atomic mass is 79.9. The Labute approximate surface area is 144 Å². The minimum absolute atomic E-state index is 0.509. The molecule has 0 N–H and O–H groups in total. The molecule has 0 aliphatic rings. The molecular weight excluding hydrogens is 372 g/mol. The van der Waals surface area contributed by atoms with Crippen LogP contribution in [-0.2, 0) is 0 Å². The molecule has 0 atom stereocenters. The summed E-state index contributed by atoms with van der Waals surface area (Å²) in [6, 6.07) is 16.1. The Morgan fingerprint density at radius 3 is 2.65 bits per heavy atom. The normalized spacial score (nSPS) is 10.8. The summed E-state index contributed by atoms with van der Waals surface area (Å²) < 4.78 is 2.57. The summed E-state index contributed by atoms with van der Waals surface area (Å²) in [5.41, 5.74) is 3.79. The molecule has 0 fully saturated rings. The second kappa shape index (κ2) is 5.61. The number of hydrogen-bond donors (Lipinski definition) is 0. The molecule has 4 nitrogen and oxygen atoms in total. The van der Waals surface area contributed by atoms with Gasteiger partial charge < -0.3 is 0 Å². The Kier molecular flexibility index (Phi) is 3.45. The van der Waals surface area contributed by atoms with Gasteiger partial charge in [0.25, 0.3) is 0 Å². The zero-order valence-corrected chi connectivity index (χ0v) is 14.2. The van der Waals surface area contributed by atoms with Crippen molar-refractivity contribution in [2.45, 2.75) is 0 Å². The molecule has 23 heavy (non-hydrogen) atoms. The van der Waals surface area contributed by atoms with Crippen LogP contribution < -0.4 is 0 Å². The van der Waals surface area contributed by atoms with Gasteiger partial charge in [-0.1, -0.05) is 36.4 Å². The van der Waals surface area contributed by atoms with Gasteiger partial charge in [0.05, 0.1) is 14.9 Å². The van der Waals surface area contributed by atoms with Gasteiger partial charge in [-0.05, 0) is 27.4 Å². The molecule has 6 heteroatoms. The first-order chi connectivity index (χ1) is 11.3. The Bertz CT molecular complexity index is 1030. The van der Waals surface area contributed by atoms with Crippen LogP contribution in [0.1, 0.15) is 5.56 Å². The maximum absolute atomic E-state index is 9.43. The van der Waals surface area contributed by atoms with Gasteiger partial charge in [-0.15, -0.1) is 11.3 Å². The third kappa shape index (κ3) is 2.25. The lowest BCUT2D eigenvalue weighted by molar-refractivity contribution is 0.950. The summed E-state index contributed by atoms with van der Waals surface area (Å²) in [5.74, 6) is 0. The van der Waals surface area contributed by atoms with E-state index in [0.717, 1.165) is 26.3 Å². The summed E-state index contributed by atoms with van der Waals surface area (Å²) in [6.07, 6.45) is 1.60. The SMILES string of the molecule is N#Cc1cnc2c(Br)c(-c3ccccc3)nn2c1-c1cccs1. The van der Waals surface area contributed by atoms with Crippen molar-refractivity contribution in [3.05, 3.63) is 64.1 Å². The molecule has 110 valence electrons. The smallest absolute Gasteiger partial charge is 0.170 e. The lowest BCUT2D eigenvalue weighted by Crippen LogP contribution is -1.98. The van der Waals surface area contributed by atoms with Gasteiger partial charge in [0.2, 0.25) is 0 Å². The third-order valence-electron chi connectivity index (χ3n) is 3.51. The van der Waals surface area contributed by atoms with Crippen molar-refractivity contribution in [1.82, 2.24) is 14.6 Å². The average molecular weight is 381 g/mol. The first kappa shape index (κ1) is 14.1. The Hall–Kier alpha value is -2.49. The fraction of sp³-hybridized carbons (Fsp3) is 0. The molecule has 4 aromatic rings. The quantitative estimate of drug-likeness (QED) is 0.503. The molecule has 0 bridgehead atoms. The number of rotatable bonds is 2. The van der Waals surface area contributed by atoms with Gasteiger partial charge in [-0.3, -0.25) is 0 Å². The van der Waals surface area contributed by atoms with Crippen LogP contribution in [0.15, 0.2) is 58.5 Å². The molecule has 0 saturated carbocycles.